The van der Waals surface area contributed by atoms with Crippen LogP contribution in [-0.2, 0) is 0 Å². The van der Waals surface area contributed by atoms with Crippen LogP contribution >= 0.6 is 0 Å². The van der Waals surface area contributed by atoms with Gasteiger partial charge in [0.1, 0.15) is 11.5 Å². The van der Waals surface area contributed by atoms with Crippen LogP contribution < -0.4 is 10.6 Å². The first-order chi connectivity index (χ1) is 15.6. The van der Waals surface area contributed by atoms with E-state index in [-0.39, 0.29) is 18.6 Å². The summed E-state index contributed by atoms with van der Waals surface area (Å²) in [5.41, 5.74) is 3.93. The van der Waals surface area contributed by atoms with Gasteiger partial charge in [-0.1, -0.05) is 12.1 Å². The quantitative estimate of drug-likeness (QED) is 0.282. The molecule has 2 aromatic carbocycles. The molecule has 160 valence electrons. The van der Waals surface area contributed by atoms with Crippen LogP contribution in [-0.4, -0.2) is 48.8 Å². The number of nitrogens with one attached hydrogen (secondary N) is 4. The van der Waals surface area contributed by atoms with Gasteiger partial charge >= 0.3 is 0 Å². The average molecular weight is 427 g/mol. The van der Waals surface area contributed by atoms with Crippen LogP contribution in [0.4, 0.5) is 11.5 Å². The van der Waals surface area contributed by atoms with Crippen LogP contribution in [0.15, 0.2) is 60.9 Å². The number of carbonyl (C=O) groups excluding carboxylic acids is 1. The van der Waals surface area contributed by atoms with Gasteiger partial charge in [0.15, 0.2) is 5.82 Å². The van der Waals surface area contributed by atoms with Crippen molar-refractivity contribution in [3.63, 3.8) is 0 Å². The summed E-state index contributed by atoms with van der Waals surface area (Å²) >= 11 is 0. The Morgan fingerprint density at radius 3 is 2.88 bits per heavy atom. The lowest BCUT2D eigenvalue weighted by atomic mass is 10.1. The molecule has 0 aliphatic rings. The molecule has 0 fully saturated rings. The van der Waals surface area contributed by atoms with Gasteiger partial charge in [-0.15, -0.1) is 0 Å². The zero-order chi connectivity index (χ0) is 22.1. The topological polar surface area (TPSA) is 132 Å². The fraction of sp³-hybridized carbons (Fsp3) is 0.130. The van der Waals surface area contributed by atoms with Crippen LogP contribution in [0.5, 0.6) is 0 Å². The van der Waals surface area contributed by atoms with Gasteiger partial charge in [-0.2, -0.15) is 5.10 Å². The highest BCUT2D eigenvalue weighted by Crippen LogP contribution is 2.25. The third kappa shape index (κ3) is 3.88. The van der Waals surface area contributed by atoms with Crippen molar-refractivity contribution >= 4 is 39.2 Å². The maximum absolute atomic E-state index is 12.3. The lowest BCUT2D eigenvalue weighted by Gasteiger charge is -2.09. The summed E-state index contributed by atoms with van der Waals surface area (Å²) in [7, 11) is 0. The first-order valence-electron chi connectivity index (χ1n) is 10.2. The van der Waals surface area contributed by atoms with E-state index in [1.165, 1.54) is 0 Å². The molecular weight excluding hydrogens is 406 g/mol. The molecule has 3 aromatic heterocycles. The summed E-state index contributed by atoms with van der Waals surface area (Å²) in [6.07, 6.45) is 3.48. The smallest absolute Gasteiger partial charge is 0.268 e. The highest BCUT2D eigenvalue weighted by Gasteiger charge is 2.13. The van der Waals surface area contributed by atoms with Gasteiger partial charge in [0, 0.05) is 39.8 Å². The lowest BCUT2D eigenvalue weighted by Crippen LogP contribution is -2.35. The molecule has 9 nitrogen and oxygen atoms in total. The first-order valence-corrected chi connectivity index (χ1v) is 10.2. The highest BCUT2D eigenvalue weighted by atomic mass is 16.3. The molecule has 0 bridgehead atoms. The van der Waals surface area contributed by atoms with E-state index in [9.17, 15) is 4.79 Å². The van der Waals surface area contributed by atoms with Crippen LogP contribution in [0.3, 0.4) is 0 Å². The molecule has 32 heavy (non-hydrogen) atoms. The molecule has 3 heterocycles. The van der Waals surface area contributed by atoms with Gasteiger partial charge in [0.25, 0.3) is 5.91 Å². The van der Waals surface area contributed by atoms with Gasteiger partial charge in [-0.25, -0.2) is 9.97 Å². The Hall–Kier alpha value is -4.24. The standard InChI is InChI=1S/C23H21N7O2/c1-13(12-31)26-23(32)20-9-14-2-3-15(10-19(14)28-20)22-24-7-6-21(29-22)27-17-4-5-18-16(8-17)11-25-30-18/h2-11,13,28,31H,12H2,1H3,(H,25,30)(H,26,32)(H,24,27,29). The number of benzene rings is 2. The molecule has 0 saturated heterocycles. The Morgan fingerprint density at radius 2 is 2.00 bits per heavy atom. The maximum Gasteiger partial charge on any atom is 0.268 e. The van der Waals surface area contributed by atoms with Crippen molar-refractivity contribution in [3.8, 4) is 11.4 Å². The van der Waals surface area contributed by atoms with E-state index in [2.05, 4.69) is 35.8 Å². The number of carbonyl (C=O) groups is 1. The summed E-state index contributed by atoms with van der Waals surface area (Å²) in [4.78, 5) is 24.5. The average Bonchev–Trinajstić information content (AvgIpc) is 3.45. The Labute approximate surface area is 182 Å². The molecule has 1 atom stereocenters. The summed E-state index contributed by atoms with van der Waals surface area (Å²) in [5.74, 6) is 0.972. The number of rotatable bonds is 6. The summed E-state index contributed by atoms with van der Waals surface area (Å²) in [5, 5.41) is 24.1. The minimum atomic E-state index is -0.317. The number of amides is 1. The number of H-pyrrole nitrogens is 2. The lowest BCUT2D eigenvalue weighted by molar-refractivity contribution is 0.0918. The van der Waals surface area contributed by atoms with Crippen molar-refractivity contribution < 1.29 is 9.90 Å². The molecule has 5 N–H and O–H groups in total. The molecule has 0 aliphatic heterocycles. The number of nitrogens with zero attached hydrogens (tertiary/aromatic N) is 3. The largest absolute Gasteiger partial charge is 0.394 e. The Bertz CT molecular complexity index is 1420. The fourth-order valence-corrected chi connectivity index (χ4v) is 3.47. The number of aromatic nitrogens is 5. The predicted molar refractivity (Wildman–Crippen MR) is 123 cm³/mol. The van der Waals surface area contributed by atoms with Crippen molar-refractivity contribution in [3.05, 3.63) is 66.6 Å². The van der Waals surface area contributed by atoms with Crippen LogP contribution in [0.1, 0.15) is 17.4 Å². The van der Waals surface area contributed by atoms with Gasteiger partial charge in [-0.05, 0) is 43.3 Å². The second-order valence-corrected chi connectivity index (χ2v) is 7.60. The molecule has 0 spiro atoms. The van der Waals surface area contributed by atoms with Crippen molar-refractivity contribution in [1.29, 1.82) is 0 Å². The number of aliphatic hydroxyl groups is 1. The zero-order valence-electron chi connectivity index (χ0n) is 17.3. The number of hydrogen-bond donors (Lipinski definition) is 5. The minimum Gasteiger partial charge on any atom is -0.394 e. The van der Waals surface area contributed by atoms with Crippen molar-refractivity contribution in [2.24, 2.45) is 0 Å². The zero-order valence-corrected chi connectivity index (χ0v) is 17.3. The summed E-state index contributed by atoms with van der Waals surface area (Å²) in [6, 6.07) is 14.9. The number of aliphatic hydroxyl groups excluding tert-OH is 1. The van der Waals surface area contributed by atoms with E-state index in [4.69, 9.17) is 5.11 Å². The molecular formula is C23H21N7O2. The van der Waals surface area contributed by atoms with E-state index in [0.717, 1.165) is 33.1 Å². The second-order valence-electron chi connectivity index (χ2n) is 7.60. The van der Waals surface area contributed by atoms with Crippen LogP contribution in [0.25, 0.3) is 33.2 Å². The van der Waals surface area contributed by atoms with Crippen molar-refractivity contribution in [2.75, 3.05) is 11.9 Å². The van der Waals surface area contributed by atoms with Crippen molar-refractivity contribution in [1.82, 2.24) is 30.5 Å². The molecule has 9 heteroatoms. The summed E-state index contributed by atoms with van der Waals surface area (Å²) < 4.78 is 0. The minimum absolute atomic E-state index is 0.117. The molecule has 0 radical (unpaired) electrons. The van der Waals surface area contributed by atoms with Gasteiger partial charge in [-0.3, -0.25) is 9.89 Å². The van der Waals surface area contributed by atoms with Crippen LogP contribution in [0.2, 0.25) is 0 Å². The van der Waals surface area contributed by atoms with Crippen LogP contribution in [0, 0.1) is 0 Å². The number of hydrogen-bond acceptors (Lipinski definition) is 6. The molecule has 5 rings (SSSR count). The van der Waals surface area contributed by atoms with E-state index < -0.39 is 0 Å². The third-order valence-electron chi connectivity index (χ3n) is 5.14. The Kier molecular flexibility index (Phi) is 5.00. The van der Waals surface area contributed by atoms with Gasteiger partial charge in [0.05, 0.1) is 18.3 Å². The van der Waals surface area contributed by atoms with E-state index >= 15 is 0 Å². The summed E-state index contributed by atoms with van der Waals surface area (Å²) in [6.45, 7) is 1.62. The molecule has 0 saturated carbocycles. The Morgan fingerprint density at radius 1 is 1.09 bits per heavy atom. The molecule has 5 aromatic rings. The number of fused-ring (bicyclic) bond motifs is 2. The van der Waals surface area contributed by atoms with Crippen molar-refractivity contribution in [2.45, 2.75) is 13.0 Å². The second kappa shape index (κ2) is 8.12. The number of aromatic amines is 2. The molecule has 1 unspecified atom stereocenters. The monoisotopic (exact) mass is 427 g/mol. The molecule has 1 amide bonds. The first kappa shape index (κ1) is 19.7. The van der Waals surface area contributed by atoms with Gasteiger partial charge < -0.3 is 20.7 Å². The van der Waals surface area contributed by atoms with E-state index in [0.29, 0.717) is 17.3 Å². The van der Waals surface area contributed by atoms with Gasteiger partial charge in [0.2, 0.25) is 0 Å². The SMILES string of the molecule is CC(CO)NC(=O)c1cc2ccc(-c3nccc(Nc4ccc5[nH]ncc5c4)n3)cc2[nH]1. The molecule has 0 aliphatic carbocycles. The van der Waals surface area contributed by atoms with E-state index in [1.807, 2.05) is 36.4 Å². The highest BCUT2D eigenvalue weighted by molar-refractivity contribution is 5.98. The van der Waals surface area contributed by atoms with E-state index in [1.54, 1.807) is 31.5 Å². The third-order valence-corrected chi connectivity index (χ3v) is 5.14. The Balaban J connectivity index is 1.40. The normalized spacial score (nSPS) is 12.2. The maximum atomic E-state index is 12.3. The fourth-order valence-electron chi connectivity index (χ4n) is 3.47. The predicted octanol–water partition coefficient (Wildman–Crippen LogP) is 3.36. The number of anilines is 2.